The van der Waals surface area contributed by atoms with Crippen LogP contribution < -0.4 is 0 Å². The van der Waals surface area contributed by atoms with Gasteiger partial charge in [0.2, 0.25) is 0 Å². The van der Waals surface area contributed by atoms with Gasteiger partial charge in [-0.15, -0.1) is 0 Å². The van der Waals surface area contributed by atoms with Crippen LogP contribution in [0.5, 0.6) is 0 Å². The molecule has 0 aliphatic heterocycles. The first-order valence-corrected chi connectivity index (χ1v) is 6.53. The van der Waals surface area contributed by atoms with Gasteiger partial charge in [0.15, 0.2) is 0 Å². The van der Waals surface area contributed by atoms with Gasteiger partial charge < -0.3 is 4.52 Å². The molecule has 15 heavy (non-hydrogen) atoms. The molecular weight excluding hydrogens is 215 g/mol. The van der Waals surface area contributed by atoms with Crippen LogP contribution in [0.15, 0.2) is 24.5 Å². The largest absolute Gasteiger partial charge is 0.529 e. The van der Waals surface area contributed by atoms with E-state index in [9.17, 15) is 4.57 Å². The molecule has 0 bridgehead atoms. The Morgan fingerprint density at radius 2 is 1.67 bits per heavy atom. The molecule has 0 aromatic carbocycles. The SMILES string of the molecule is CCC=CC=COP(=O)(OCC)OCC. The third kappa shape index (κ3) is 7.37. The van der Waals surface area contributed by atoms with Gasteiger partial charge in [0.25, 0.3) is 0 Å². The highest BCUT2D eigenvalue weighted by Gasteiger charge is 2.24. The molecule has 88 valence electrons. The molecule has 0 unspecified atom stereocenters. The van der Waals surface area contributed by atoms with E-state index in [1.165, 1.54) is 6.26 Å². The highest BCUT2D eigenvalue weighted by atomic mass is 31.2. The molecule has 0 atom stereocenters. The van der Waals surface area contributed by atoms with Crippen LogP contribution in [0.1, 0.15) is 27.2 Å². The van der Waals surface area contributed by atoms with Crippen molar-refractivity contribution in [1.29, 1.82) is 0 Å². The van der Waals surface area contributed by atoms with E-state index in [0.29, 0.717) is 0 Å². The molecule has 0 amide bonds. The maximum atomic E-state index is 11.7. The second kappa shape index (κ2) is 8.72. The van der Waals surface area contributed by atoms with Crippen LogP contribution in [0.25, 0.3) is 0 Å². The maximum Gasteiger partial charge on any atom is 0.529 e. The van der Waals surface area contributed by atoms with Crippen molar-refractivity contribution in [2.75, 3.05) is 13.2 Å². The summed E-state index contributed by atoms with van der Waals surface area (Å²) in [5.41, 5.74) is 0. The van der Waals surface area contributed by atoms with E-state index in [0.717, 1.165) is 6.42 Å². The predicted octanol–water partition coefficient (Wildman–Crippen LogP) is 3.66. The zero-order valence-corrected chi connectivity index (χ0v) is 10.4. The predicted molar refractivity (Wildman–Crippen MR) is 60.5 cm³/mol. The molecule has 0 N–H and O–H groups in total. The Bertz CT molecular complexity index is 238. The molecule has 0 spiro atoms. The normalized spacial score (nSPS) is 12.7. The first-order chi connectivity index (χ1) is 7.18. The lowest BCUT2D eigenvalue weighted by Crippen LogP contribution is -1.96. The summed E-state index contributed by atoms with van der Waals surface area (Å²) in [6.45, 7) is 6.06. The van der Waals surface area contributed by atoms with Crippen LogP contribution in [0.3, 0.4) is 0 Å². The van der Waals surface area contributed by atoms with E-state index in [1.807, 2.05) is 19.1 Å². The molecular formula is C10H19O4P. The van der Waals surface area contributed by atoms with Crippen molar-refractivity contribution in [3.63, 3.8) is 0 Å². The lowest BCUT2D eigenvalue weighted by atomic mass is 10.4. The van der Waals surface area contributed by atoms with Crippen molar-refractivity contribution in [1.82, 2.24) is 0 Å². The van der Waals surface area contributed by atoms with Crippen LogP contribution in [0, 0.1) is 0 Å². The summed E-state index contributed by atoms with van der Waals surface area (Å²) < 4.78 is 26.5. The highest BCUT2D eigenvalue weighted by Crippen LogP contribution is 2.49. The topological polar surface area (TPSA) is 44.8 Å². The summed E-state index contributed by atoms with van der Waals surface area (Å²) >= 11 is 0. The second-order valence-corrected chi connectivity index (χ2v) is 4.17. The van der Waals surface area contributed by atoms with E-state index in [4.69, 9.17) is 13.6 Å². The van der Waals surface area contributed by atoms with E-state index < -0.39 is 7.82 Å². The number of phosphoric acid groups is 1. The Morgan fingerprint density at radius 3 is 2.13 bits per heavy atom. The highest BCUT2D eigenvalue weighted by molar-refractivity contribution is 7.48. The van der Waals surface area contributed by atoms with E-state index in [2.05, 4.69) is 0 Å². The lowest BCUT2D eigenvalue weighted by molar-refractivity contribution is 0.154. The molecule has 0 aliphatic rings. The summed E-state index contributed by atoms with van der Waals surface area (Å²) in [7, 11) is -3.39. The van der Waals surface area contributed by atoms with Crippen LogP contribution in [-0.2, 0) is 18.1 Å². The third-order valence-electron chi connectivity index (χ3n) is 1.33. The van der Waals surface area contributed by atoms with Crippen molar-refractivity contribution >= 4 is 7.82 Å². The van der Waals surface area contributed by atoms with Gasteiger partial charge in [-0.25, -0.2) is 4.57 Å². The number of allylic oxidation sites excluding steroid dienone is 3. The van der Waals surface area contributed by atoms with Crippen molar-refractivity contribution in [3.8, 4) is 0 Å². The second-order valence-electron chi connectivity index (χ2n) is 2.55. The van der Waals surface area contributed by atoms with E-state index >= 15 is 0 Å². The molecule has 0 saturated heterocycles. The summed E-state index contributed by atoms with van der Waals surface area (Å²) in [5, 5.41) is 0. The number of hydrogen-bond donors (Lipinski definition) is 0. The Hall–Kier alpha value is -0.570. The van der Waals surface area contributed by atoms with Gasteiger partial charge in [-0.05, 0) is 26.3 Å². The third-order valence-corrected chi connectivity index (χ3v) is 2.85. The first kappa shape index (κ1) is 14.4. The molecule has 0 rings (SSSR count). The van der Waals surface area contributed by atoms with Crippen molar-refractivity contribution in [2.45, 2.75) is 27.2 Å². The fraction of sp³-hybridized carbons (Fsp3) is 0.600. The molecule has 0 radical (unpaired) electrons. The molecule has 0 aromatic heterocycles. The number of phosphoric ester groups is 1. The smallest absolute Gasteiger partial charge is 0.412 e. The fourth-order valence-electron chi connectivity index (χ4n) is 0.784. The fourth-order valence-corrected chi connectivity index (χ4v) is 1.83. The van der Waals surface area contributed by atoms with E-state index in [-0.39, 0.29) is 13.2 Å². The minimum Gasteiger partial charge on any atom is -0.412 e. The number of rotatable bonds is 8. The number of hydrogen-bond acceptors (Lipinski definition) is 4. The van der Waals surface area contributed by atoms with Gasteiger partial charge in [-0.1, -0.05) is 19.1 Å². The average molecular weight is 234 g/mol. The minimum absolute atomic E-state index is 0.288. The maximum absolute atomic E-state index is 11.7. The van der Waals surface area contributed by atoms with Gasteiger partial charge in [0, 0.05) is 0 Å². The standard InChI is InChI=1S/C10H19O4P/c1-4-7-8-9-10-14-15(11,12-5-2)13-6-3/h7-10H,4-6H2,1-3H3. The van der Waals surface area contributed by atoms with Crippen LogP contribution in [0.4, 0.5) is 0 Å². The van der Waals surface area contributed by atoms with Crippen LogP contribution in [-0.4, -0.2) is 13.2 Å². The summed E-state index contributed by atoms with van der Waals surface area (Å²) in [6, 6.07) is 0. The molecule has 5 heteroatoms. The Balaban J connectivity index is 4.11. The Labute approximate surface area is 91.5 Å². The first-order valence-electron chi connectivity index (χ1n) is 5.07. The van der Waals surface area contributed by atoms with E-state index in [1.54, 1.807) is 19.9 Å². The monoisotopic (exact) mass is 234 g/mol. The van der Waals surface area contributed by atoms with Crippen molar-refractivity contribution in [2.24, 2.45) is 0 Å². The van der Waals surface area contributed by atoms with Crippen LogP contribution >= 0.6 is 7.82 Å². The lowest BCUT2D eigenvalue weighted by Gasteiger charge is -2.13. The van der Waals surface area contributed by atoms with Gasteiger partial charge in [-0.2, -0.15) is 0 Å². The van der Waals surface area contributed by atoms with Crippen molar-refractivity contribution < 1.29 is 18.1 Å². The van der Waals surface area contributed by atoms with Crippen LogP contribution in [0.2, 0.25) is 0 Å². The summed E-state index contributed by atoms with van der Waals surface area (Å²) in [5.74, 6) is 0. The molecule has 0 fully saturated rings. The Kier molecular flexibility index (Phi) is 8.38. The molecule has 0 heterocycles. The quantitative estimate of drug-likeness (QED) is 0.365. The average Bonchev–Trinajstić information content (AvgIpc) is 2.18. The molecule has 4 nitrogen and oxygen atoms in total. The van der Waals surface area contributed by atoms with Crippen molar-refractivity contribution in [3.05, 3.63) is 24.5 Å². The molecule has 0 aliphatic carbocycles. The molecule has 0 aromatic rings. The summed E-state index contributed by atoms with van der Waals surface area (Å²) in [4.78, 5) is 0. The van der Waals surface area contributed by atoms with Gasteiger partial charge in [-0.3, -0.25) is 9.05 Å². The molecule has 0 saturated carbocycles. The Morgan fingerprint density at radius 1 is 1.07 bits per heavy atom. The minimum atomic E-state index is -3.39. The van der Waals surface area contributed by atoms with Gasteiger partial charge in [0.1, 0.15) is 0 Å². The van der Waals surface area contributed by atoms with Gasteiger partial charge in [0.05, 0.1) is 19.5 Å². The summed E-state index contributed by atoms with van der Waals surface area (Å²) in [6.07, 6.45) is 7.67. The zero-order valence-electron chi connectivity index (χ0n) is 9.51. The van der Waals surface area contributed by atoms with Gasteiger partial charge >= 0.3 is 7.82 Å². The zero-order chi connectivity index (χ0) is 11.6.